The maximum Gasteiger partial charge on any atom is 0.0613 e. The molecule has 68 valence electrons. The van der Waals surface area contributed by atoms with Gasteiger partial charge >= 0.3 is 0 Å². The van der Waals surface area contributed by atoms with Gasteiger partial charge in [0, 0.05) is 13.2 Å². The Bertz CT molecular complexity index is 83.6. The van der Waals surface area contributed by atoms with E-state index in [2.05, 4.69) is 13.8 Å². The molecule has 0 fully saturated rings. The molecule has 2 N–H and O–H groups in total. The van der Waals surface area contributed by atoms with Gasteiger partial charge in [0.1, 0.15) is 0 Å². The van der Waals surface area contributed by atoms with Crippen molar-refractivity contribution in [1.29, 1.82) is 0 Å². The summed E-state index contributed by atoms with van der Waals surface area (Å²) in [5, 5.41) is 0. The molecule has 0 aliphatic heterocycles. The Morgan fingerprint density at radius 3 is 2.36 bits per heavy atom. The van der Waals surface area contributed by atoms with Gasteiger partial charge in [-0.2, -0.15) is 0 Å². The fraction of sp³-hybridized carbons (Fsp3) is 1.00. The molecule has 0 aliphatic carbocycles. The maximum atomic E-state index is 5.75. The number of nitrogens with two attached hydrogens (primary N) is 1. The summed E-state index contributed by atoms with van der Waals surface area (Å²) in [4.78, 5) is 0. The second kappa shape index (κ2) is 6.62. The normalized spacial score (nSPS) is 13.9. The van der Waals surface area contributed by atoms with E-state index in [1.807, 2.05) is 0 Å². The lowest BCUT2D eigenvalue weighted by Gasteiger charge is -2.10. The standard InChI is InChI=1S/C9H21NO/c1-8(2)5-4-6-9(10)7-11-3/h8-9H,4-7,10H2,1-3H3. The van der Waals surface area contributed by atoms with Crippen molar-refractivity contribution in [2.24, 2.45) is 11.7 Å². The molecule has 0 aromatic carbocycles. The third-order valence-corrected chi connectivity index (χ3v) is 1.74. The molecule has 0 aliphatic rings. The predicted molar refractivity (Wildman–Crippen MR) is 48.5 cm³/mol. The van der Waals surface area contributed by atoms with Crippen molar-refractivity contribution < 1.29 is 4.74 Å². The van der Waals surface area contributed by atoms with Crippen LogP contribution in [0.3, 0.4) is 0 Å². The third-order valence-electron chi connectivity index (χ3n) is 1.74. The van der Waals surface area contributed by atoms with Gasteiger partial charge in [0.25, 0.3) is 0 Å². The molecular formula is C9H21NO. The van der Waals surface area contributed by atoms with Crippen molar-refractivity contribution in [3.05, 3.63) is 0 Å². The topological polar surface area (TPSA) is 35.2 Å². The van der Waals surface area contributed by atoms with Crippen molar-refractivity contribution in [3.8, 4) is 0 Å². The van der Waals surface area contributed by atoms with Gasteiger partial charge in [0.05, 0.1) is 6.61 Å². The van der Waals surface area contributed by atoms with E-state index >= 15 is 0 Å². The van der Waals surface area contributed by atoms with Crippen LogP contribution < -0.4 is 5.73 Å². The highest BCUT2D eigenvalue weighted by molar-refractivity contribution is 4.60. The monoisotopic (exact) mass is 159 g/mol. The van der Waals surface area contributed by atoms with Crippen molar-refractivity contribution >= 4 is 0 Å². The van der Waals surface area contributed by atoms with Crippen LogP contribution in [0.2, 0.25) is 0 Å². The fourth-order valence-electron chi connectivity index (χ4n) is 1.09. The molecule has 0 heterocycles. The Kier molecular flexibility index (Phi) is 6.57. The van der Waals surface area contributed by atoms with Gasteiger partial charge in [-0.05, 0) is 12.3 Å². The lowest BCUT2D eigenvalue weighted by Crippen LogP contribution is -2.25. The smallest absolute Gasteiger partial charge is 0.0613 e. The summed E-state index contributed by atoms with van der Waals surface area (Å²) in [6.07, 6.45) is 3.59. The molecule has 2 heteroatoms. The number of methoxy groups -OCH3 is 1. The molecule has 0 aromatic rings. The van der Waals surface area contributed by atoms with Crippen LogP contribution >= 0.6 is 0 Å². The zero-order valence-electron chi connectivity index (χ0n) is 7.97. The van der Waals surface area contributed by atoms with Gasteiger partial charge in [-0.3, -0.25) is 0 Å². The average Bonchev–Trinajstić information content (AvgIpc) is 1.87. The van der Waals surface area contributed by atoms with Crippen LogP contribution in [-0.2, 0) is 4.74 Å². The van der Waals surface area contributed by atoms with E-state index in [4.69, 9.17) is 10.5 Å². The Balaban J connectivity index is 3.10. The number of hydrogen-bond acceptors (Lipinski definition) is 2. The quantitative estimate of drug-likeness (QED) is 0.641. The third kappa shape index (κ3) is 7.82. The molecule has 0 saturated heterocycles. The average molecular weight is 159 g/mol. The summed E-state index contributed by atoms with van der Waals surface area (Å²) in [6.45, 7) is 5.17. The Hall–Kier alpha value is -0.0800. The van der Waals surface area contributed by atoms with E-state index in [1.165, 1.54) is 12.8 Å². The molecule has 0 aromatic heterocycles. The Labute approximate surface area is 70.1 Å². The summed E-state index contributed by atoms with van der Waals surface area (Å²) in [5.41, 5.74) is 5.75. The van der Waals surface area contributed by atoms with Gasteiger partial charge in [0.2, 0.25) is 0 Å². The first-order valence-corrected chi connectivity index (χ1v) is 4.41. The van der Waals surface area contributed by atoms with E-state index in [1.54, 1.807) is 7.11 Å². The van der Waals surface area contributed by atoms with E-state index in [9.17, 15) is 0 Å². The van der Waals surface area contributed by atoms with Crippen molar-refractivity contribution in [2.45, 2.75) is 39.2 Å². The summed E-state index contributed by atoms with van der Waals surface area (Å²) < 4.78 is 4.94. The fourth-order valence-corrected chi connectivity index (χ4v) is 1.09. The molecule has 0 radical (unpaired) electrons. The first-order chi connectivity index (χ1) is 5.16. The molecule has 0 rings (SSSR count). The van der Waals surface area contributed by atoms with E-state index in [-0.39, 0.29) is 6.04 Å². The van der Waals surface area contributed by atoms with Gasteiger partial charge in [-0.15, -0.1) is 0 Å². The molecular weight excluding hydrogens is 138 g/mol. The van der Waals surface area contributed by atoms with Gasteiger partial charge in [0.15, 0.2) is 0 Å². The van der Waals surface area contributed by atoms with E-state index in [0.29, 0.717) is 6.61 Å². The zero-order valence-corrected chi connectivity index (χ0v) is 7.97. The van der Waals surface area contributed by atoms with Crippen LogP contribution in [-0.4, -0.2) is 19.8 Å². The molecule has 0 amide bonds. The predicted octanol–water partition coefficient (Wildman–Crippen LogP) is 1.79. The number of rotatable bonds is 6. The molecule has 0 saturated carbocycles. The molecule has 0 bridgehead atoms. The summed E-state index contributed by atoms with van der Waals surface area (Å²) in [5.74, 6) is 0.796. The van der Waals surface area contributed by atoms with Crippen LogP contribution in [0.4, 0.5) is 0 Å². The Morgan fingerprint density at radius 1 is 1.27 bits per heavy atom. The van der Waals surface area contributed by atoms with Crippen LogP contribution in [0.15, 0.2) is 0 Å². The second-order valence-electron chi connectivity index (χ2n) is 3.54. The van der Waals surface area contributed by atoms with Crippen molar-refractivity contribution in [3.63, 3.8) is 0 Å². The molecule has 0 spiro atoms. The number of ether oxygens (including phenoxy) is 1. The van der Waals surface area contributed by atoms with Crippen LogP contribution in [0.5, 0.6) is 0 Å². The summed E-state index contributed by atoms with van der Waals surface area (Å²) >= 11 is 0. The highest BCUT2D eigenvalue weighted by Crippen LogP contribution is 2.07. The minimum atomic E-state index is 0.235. The maximum absolute atomic E-state index is 5.75. The molecule has 2 nitrogen and oxygen atoms in total. The summed E-state index contributed by atoms with van der Waals surface area (Å²) in [6, 6.07) is 0.235. The van der Waals surface area contributed by atoms with E-state index < -0.39 is 0 Å². The highest BCUT2D eigenvalue weighted by atomic mass is 16.5. The van der Waals surface area contributed by atoms with Gasteiger partial charge in [-0.1, -0.05) is 26.7 Å². The number of hydrogen-bond donors (Lipinski definition) is 1. The largest absolute Gasteiger partial charge is 0.383 e. The molecule has 1 atom stereocenters. The van der Waals surface area contributed by atoms with Crippen molar-refractivity contribution in [2.75, 3.05) is 13.7 Å². The van der Waals surface area contributed by atoms with Gasteiger partial charge < -0.3 is 10.5 Å². The minimum Gasteiger partial charge on any atom is -0.383 e. The molecule has 1 unspecified atom stereocenters. The highest BCUT2D eigenvalue weighted by Gasteiger charge is 2.01. The SMILES string of the molecule is COCC(N)CCCC(C)C. The lowest BCUT2D eigenvalue weighted by atomic mass is 10.0. The summed E-state index contributed by atoms with van der Waals surface area (Å²) in [7, 11) is 1.70. The first kappa shape index (κ1) is 10.9. The second-order valence-corrected chi connectivity index (χ2v) is 3.54. The van der Waals surface area contributed by atoms with Crippen LogP contribution in [0, 0.1) is 5.92 Å². The molecule has 11 heavy (non-hydrogen) atoms. The van der Waals surface area contributed by atoms with Crippen molar-refractivity contribution in [1.82, 2.24) is 0 Å². The van der Waals surface area contributed by atoms with Crippen LogP contribution in [0.25, 0.3) is 0 Å². The van der Waals surface area contributed by atoms with E-state index in [0.717, 1.165) is 12.3 Å². The first-order valence-electron chi connectivity index (χ1n) is 4.41. The zero-order chi connectivity index (χ0) is 8.69. The minimum absolute atomic E-state index is 0.235. The Morgan fingerprint density at radius 2 is 1.91 bits per heavy atom. The van der Waals surface area contributed by atoms with Crippen LogP contribution in [0.1, 0.15) is 33.1 Å². The van der Waals surface area contributed by atoms with Gasteiger partial charge in [-0.25, -0.2) is 0 Å². The lowest BCUT2D eigenvalue weighted by molar-refractivity contribution is 0.175.